The van der Waals surface area contributed by atoms with Crippen molar-refractivity contribution in [2.75, 3.05) is 45.9 Å². The predicted molar refractivity (Wildman–Crippen MR) is 128 cm³/mol. The van der Waals surface area contributed by atoms with E-state index in [1.807, 2.05) is 0 Å². The normalized spacial score (nSPS) is 22.2. The maximum Gasteiger partial charge on any atom is 0.194 e. The van der Waals surface area contributed by atoms with Crippen molar-refractivity contribution in [2.45, 2.75) is 39.3 Å². The summed E-state index contributed by atoms with van der Waals surface area (Å²) in [5.74, 6) is 1.04. The van der Waals surface area contributed by atoms with E-state index in [1.165, 1.54) is 11.1 Å². The van der Waals surface area contributed by atoms with Crippen molar-refractivity contribution in [1.82, 2.24) is 15.1 Å². The molecule has 2 aliphatic heterocycles. The van der Waals surface area contributed by atoms with Crippen LogP contribution >= 0.6 is 24.0 Å². The third-order valence-electron chi connectivity index (χ3n) is 5.48. The Kier molecular flexibility index (Phi) is 9.74. The number of benzene rings is 1. The molecule has 0 aromatic heterocycles. The van der Waals surface area contributed by atoms with Crippen LogP contribution in [0.2, 0.25) is 0 Å². The lowest BCUT2D eigenvalue weighted by molar-refractivity contribution is -0.0166. The number of nitrogens with zero attached hydrogens (tertiary/aromatic N) is 3. The van der Waals surface area contributed by atoms with E-state index in [-0.39, 0.29) is 24.0 Å². The van der Waals surface area contributed by atoms with Gasteiger partial charge in [-0.2, -0.15) is 0 Å². The highest BCUT2D eigenvalue weighted by atomic mass is 127. The molecule has 2 heterocycles. The molecule has 1 fully saturated rings. The lowest BCUT2D eigenvalue weighted by Gasteiger charge is -2.37. The summed E-state index contributed by atoms with van der Waals surface area (Å²) in [7, 11) is 0. The summed E-state index contributed by atoms with van der Waals surface area (Å²) in [5, 5.41) is 3.48. The van der Waals surface area contributed by atoms with E-state index in [4.69, 9.17) is 9.73 Å². The van der Waals surface area contributed by atoms with Crippen molar-refractivity contribution >= 4 is 35.5 Å². The number of aliphatic imine (C=N–C) groups is 1. The number of ether oxygens (including phenoxy) is 1. The van der Waals surface area contributed by atoms with Crippen LogP contribution in [0.4, 0.5) is 0 Å². The summed E-state index contributed by atoms with van der Waals surface area (Å²) < 4.78 is 5.56. The first-order valence-electron chi connectivity index (χ1n) is 10.3. The molecule has 0 bridgehead atoms. The minimum absolute atomic E-state index is 0. The van der Waals surface area contributed by atoms with Crippen LogP contribution < -0.4 is 5.32 Å². The van der Waals surface area contributed by atoms with Gasteiger partial charge >= 0.3 is 0 Å². The minimum atomic E-state index is 0. The van der Waals surface area contributed by atoms with Crippen LogP contribution in [0.25, 0.3) is 5.57 Å². The quantitative estimate of drug-likeness (QED) is 0.384. The Morgan fingerprint density at radius 3 is 2.71 bits per heavy atom. The SMILES string of the molecule is CCNC(=NCC(C)N1CCOCC1C)N1CC=C(c2ccccc2)CC1.I. The first-order valence-corrected chi connectivity index (χ1v) is 10.3. The summed E-state index contributed by atoms with van der Waals surface area (Å²) in [6.07, 6.45) is 3.41. The molecule has 2 aliphatic rings. The largest absolute Gasteiger partial charge is 0.379 e. The first kappa shape index (κ1) is 23.2. The lowest BCUT2D eigenvalue weighted by Crippen LogP contribution is -2.50. The molecule has 0 saturated carbocycles. The van der Waals surface area contributed by atoms with Gasteiger partial charge in [-0.15, -0.1) is 24.0 Å². The highest BCUT2D eigenvalue weighted by molar-refractivity contribution is 14.0. The highest BCUT2D eigenvalue weighted by Gasteiger charge is 2.24. The van der Waals surface area contributed by atoms with E-state index in [2.05, 4.69) is 72.3 Å². The van der Waals surface area contributed by atoms with E-state index < -0.39 is 0 Å². The topological polar surface area (TPSA) is 40.1 Å². The third kappa shape index (κ3) is 6.19. The van der Waals surface area contributed by atoms with E-state index >= 15 is 0 Å². The molecule has 1 aromatic rings. The predicted octanol–water partition coefficient (Wildman–Crippen LogP) is 3.47. The molecule has 2 unspecified atom stereocenters. The zero-order valence-electron chi connectivity index (χ0n) is 17.4. The van der Waals surface area contributed by atoms with Crippen LogP contribution in [0.5, 0.6) is 0 Å². The number of morpholine rings is 1. The lowest BCUT2D eigenvalue weighted by atomic mass is 10.00. The fourth-order valence-electron chi connectivity index (χ4n) is 3.92. The molecule has 0 aliphatic carbocycles. The fraction of sp³-hybridized carbons (Fsp3) is 0.591. The van der Waals surface area contributed by atoms with Crippen molar-refractivity contribution in [3.8, 4) is 0 Å². The van der Waals surface area contributed by atoms with Crippen LogP contribution in [0.3, 0.4) is 0 Å². The van der Waals surface area contributed by atoms with Gasteiger partial charge in [0.05, 0.1) is 19.8 Å². The minimum Gasteiger partial charge on any atom is -0.379 e. The number of guanidine groups is 1. The van der Waals surface area contributed by atoms with Gasteiger partial charge in [-0.3, -0.25) is 9.89 Å². The number of nitrogens with one attached hydrogen (secondary N) is 1. The average molecular weight is 498 g/mol. The average Bonchev–Trinajstić information content (AvgIpc) is 2.72. The molecule has 0 radical (unpaired) electrons. The molecule has 0 amide bonds. The van der Waals surface area contributed by atoms with E-state index in [0.717, 1.165) is 58.3 Å². The van der Waals surface area contributed by atoms with Gasteiger partial charge in [0, 0.05) is 38.3 Å². The Morgan fingerprint density at radius 1 is 1.29 bits per heavy atom. The number of hydrogen-bond acceptors (Lipinski definition) is 3. The molecular formula is C22H35IN4O. The van der Waals surface area contributed by atoms with Gasteiger partial charge in [-0.05, 0) is 38.3 Å². The molecule has 0 spiro atoms. The number of rotatable bonds is 5. The zero-order chi connectivity index (χ0) is 19.1. The number of halogens is 1. The van der Waals surface area contributed by atoms with Crippen LogP contribution in [-0.2, 0) is 4.74 Å². The molecule has 156 valence electrons. The molecule has 5 nitrogen and oxygen atoms in total. The molecule has 28 heavy (non-hydrogen) atoms. The summed E-state index contributed by atoms with van der Waals surface area (Å²) >= 11 is 0. The van der Waals surface area contributed by atoms with E-state index in [0.29, 0.717) is 12.1 Å². The van der Waals surface area contributed by atoms with Crippen LogP contribution in [0.1, 0.15) is 32.8 Å². The van der Waals surface area contributed by atoms with Gasteiger partial charge in [-0.1, -0.05) is 36.4 Å². The highest BCUT2D eigenvalue weighted by Crippen LogP contribution is 2.22. The van der Waals surface area contributed by atoms with Crippen LogP contribution in [-0.4, -0.2) is 73.8 Å². The molecule has 1 aromatic carbocycles. The van der Waals surface area contributed by atoms with Gasteiger partial charge in [0.25, 0.3) is 0 Å². The Bertz CT molecular complexity index is 649. The first-order chi connectivity index (χ1) is 13.2. The standard InChI is InChI=1S/C22H34N4O.HI/c1-4-23-22(24-16-18(2)26-14-15-27-17-19(26)3)25-12-10-21(11-13-25)20-8-6-5-7-9-20;/h5-10,18-19H,4,11-17H2,1-3H3,(H,23,24);1H. The molecular weight excluding hydrogens is 463 g/mol. The van der Waals surface area contributed by atoms with Gasteiger partial charge < -0.3 is 15.0 Å². The summed E-state index contributed by atoms with van der Waals surface area (Å²) in [4.78, 5) is 9.84. The second-order valence-corrected chi connectivity index (χ2v) is 7.50. The summed E-state index contributed by atoms with van der Waals surface area (Å²) in [6.45, 7) is 13.0. The second kappa shape index (κ2) is 11.8. The number of hydrogen-bond donors (Lipinski definition) is 1. The fourth-order valence-corrected chi connectivity index (χ4v) is 3.92. The van der Waals surface area contributed by atoms with Crippen molar-refractivity contribution in [1.29, 1.82) is 0 Å². The van der Waals surface area contributed by atoms with Gasteiger partial charge in [-0.25, -0.2) is 0 Å². The van der Waals surface area contributed by atoms with E-state index in [1.54, 1.807) is 0 Å². The second-order valence-electron chi connectivity index (χ2n) is 7.50. The van der Waals surface area contributed by atoms with Crippen molar-refractivity contribution in [3.05, 3.63) is 42.0 Å². The van der Waals surface area contributed by atoms with Gasteiger partial charge in [0.2, 0.25) is 0 Å². The zero-order valence-corrected chi connectivity index (χ0v) is 19.8. The third-order valence-corrected chi connectivity index (χ3v) is 5.48. The monoisotopic (exact) mass is 498 g/mol. The molecule has 1 N–H and O–H groups in total. The summed E-state index contributed by atoms with van der Waals surface area (Å²) in [6, 6.07) is 11.6. The molecule has 6 heteroatoms. The maximum atomic E-state index is 5.56. The Morgan fingerprint density at radius 2 is 2.07 bits per heavy atom. The van der Waals surface area contributed by atoms with Gasteiger partial charge in [0.15, 0.2) is 5.96 Å². The smallest absolute Gasteiger partial charge is 0.194 e. The summed E-state index contributed by atoms with van der Waals surface area (Å²) in [5.41, 5.74) is 2.78. The maximum absolute atomic E-state index is 5.56. The van der Waals surface area contributed by atoms with Crippen molar-refractivity contribution in [3.63, 3.8) is 0 Å². The van der Waals surface area contributed by atoms with Crippen molar-refractivity contribution in [2.24, 2.45) is 4.99 Å². The Hall–Kier alpha value is -1.12. The Labute approximate surface area is 187 Å². The van der Waals surface area contributed by atoms with Crippen LogP contribution in [0, 0.1) is 0 Å². The van der Waals surface area contributed by atoms with Crippen molar-refractivity contribution < 1.29 is 4.74 Å². The van der Waals surface area contributed by atoms with Gasteiger partial charge in [0.1, 0.15) is 0 Å². The van der Waals surface area contributed by atoms with E-state index in [9.17, 15) is 0 Å². The Balaban J connectivity index is 0.00000280. The molecule has 3 rings (SSSR count). The molecule has 1 saturated heterocycles. The molecule has 2 atom stereocenters. The van der Waals surface area contributed by atoms with Crippen LogP contribution in [0.15, 0.2) is 41.4 Å².